The van der Waals surface area contributed by atoms with Crippen LogP contribution in [0.5, 0.6) is 0 Å². The molecule has 0 amide bonds. The zero-order valence-electron chi connectivity index (χ0n) is 6.40. The average molecular weight is 164 g/mol. The third-order valence-corrected chi connectivity index (χ3v) is 1.86. The van der Waals surface area contributed by atoms with Crippen LogP contribution in [0.25, 0.3) is 0 Å². The van der Waals surface area contributed by atoms with Gasteiger partial charge in [-0.3, -0.25) is 0 Å². The molecule has 12 heavy (non-hydrogen) atoms. The van der Waals surface area contributed by atoms with E-state index < -0.39 is 5.97 Å². The first kappa shape index (κ1) is 7.21. The lowest BCUT2D eigenvalue weighted by atomic mass is 10.3. The molecule has 0 aliphatic heterocycles. The Bertz CT molecular complexity index is 303. The van der Waals surface area contributed by atoms with E-state index in [9.17, 15) is 4.79 Å². The Morgan fingerprint density at radius 1 is 1.42 bits per heavy atom. The monoisotopic (exact) mass is 164 g/mol. The van der Waals surface area contributed by atoms with Gasteiger partial charge >= 0.3 is 5.97 Å². The third-order valence-electron chi connectivity index (χ3n) is 1.86. The van der Waals surface area contributed by atoms with Gasteiger partial charge in [0.25, 0.3) is 0 Å². The Hall–Kier alpha value is -1.45. The second-order valence-corrected chi connectivity index (χ2v) is 2.91. The van der Waals surface area contributed by atoms with Crippen molar-refractivity contribution in [3.8, 4) is 0 Å². The summed E-state index contributed by atoms with van der Waals surface area (Å²) in [6.07, 6.45) is 4.99. The van der Waals surface area contributed by atoms with Crippen LogP contribution in [0.2, 0.25) is 0 Å². The first-order valence-electron chi connectivity index (χ1n) is 3.82. The Morgan fingerprint density at radius 3 is 2.42 bits per heavy atom. The Kier molecular flexibility index (Phi) is 1.53. The van der Waals surface area contributed by atoms with Crippen LogP contribution in [0.15, 0.2) is 12.4 Å². The van der Waals surface area contributed by atoms with E-state index in [-0.39, 0.29) is 5.56 Å². The molecule has 1 fully saturated rings. The lowest BCUT2D eigenvalue weighted by Gasteiger charge is -1.95. The Balaban J connectivity index is 2.24. The summed E-state index contributed by atoms with van der Waals surface area (Å²) in [6.45, 7) is 0. The van der Waals surface area contributed by atoms with Crippen molar-refractivity contribution in [1.82, 2.24) is 9.97 Å². The van der Waals surface area contributed by atoms with E-state index in [0.29, 0.717) is 5.92 Å². The van der Waals surface area contributed by atoms with Gasteiger partial charge in [-0.25, -0.2) is 14.8 Å². The predicted molar refractivity (Wildman–Crippen MR) is 41.0 cm³/mol. The molecule has 4 nitrogen and oxygen atoms in total. The maximum Gasteiger partial charge on any atom is 0.338 e. The highest BCUT2D eigenvalue weighted by molar-refractivity contribution is 5.86. The van der Waals surface area contributed by atoms with Crippen LogP contribution in [0.1, 0.15) is 34.9 Å². The molecule has 0 spiro atoms. The minimum absolute atomic E-state index is 0.152. The quantitative estimate of drug-likeness (QED) is 0.709. The Morgan fingerprint density at radius 2 is 2.00 bits per heavy atom. The molecule has 62 valence electrons. The molecule has 0 saturated heterocycles. The largest absolute Gasteiger partial charge is 0.478 e. The summed E-state index contributed by atoms with van der Waals surface area (Å²) in [4.78, 5) is 18.4. The van der Waals surface area contributed by atoms with Gasteiger partial charge in [0.05, 0.1) is 5.56 Å². The number of nitrogens with zero attached hydrogens (tertiary/aromatic N) is 2. The van der Waals surface area contributed by atoms with E-state index in [4.69, 9.17) is 5.11 Å². The minimum atomic E-state index is -0.975. The van der Waals surface area contributed by atoms with Crippen molar-refractivity contribution in [2.24, 2.45) is 0 Å². The molecule has 0 aromatic carbocycles. The van der Waals surface area contributed by atoms with E-state index in [1.807, 2.05) is 0 Å². The number of rotatable bonds is 2. The van der Waals surface area contributed by atoms with Gasteiger partial charge in [-0.05, 0) is 12.8 Å². The second kappa shape index (κ2) is 2.55. The van der Waals surface area contributed by atoms with E-state index in [2.05, 4.69) is 9.97 Å². The van der Waals surface area contributed by atoms with Crippen molar-refractivity contribution in [2.75, 3.05) is 0 Å². The van der Waals surface area contributed by atoms with Crippen molar-refractivity contribution in [1.29, 1.82) is 0 Å². The van der Waals surface area contributed by atoms with E-state index in [1.165, 1.54) is 12.4 Å². The maximum atomic E-state index is 10.4. The van der Waals surface area contributed by atoms with Gasteiger partial charge in [-0.1, -0.05) is 0 Å². The summed E-state index contributed by atoms with van der Waals surface area (Å²) in [7, 11) is 0. The van der Waals surface area contributed by atoms with Gasteiger partial charge < -0.3 is 5.11 Å². The summed E-state index contributed by atoms with van der Waals surface area (Å²) in [5.41, 5.74) is 0.152. The van der Waals surface area contributed by atoms with Gasteiger partial charge in [-0.15, -0.1) is 0 Å². The van der Waals surface area contributed by atoms with Crippen molar-refractivity contribution < 1.29 is 9.90 Å². The fourth-order valence-corrected chi connectivity index (χ4v) is 1.00. The molecule has 0 atom stereocenters. The number of hydrogen-bond donors (Lipinski definition) is 1. The van der Waals surface area contributed by atoms with Crippen LogP contribution in [-0.2, 0) is 0 Å². The molecule has 2 rings (SSSR count). The van der Waals surface area contributed by atoms with Crippen molar-refractivity contribution in [3.63, 3.8) is 0 Å². The molecule has 0 radical (unpaired) electrons. The van der Waals surface area contributed by atoms with Crippen molar-refractivity contribution >= 4 is 5.97 Å². The van der Waals surface area contributed by atoms with Gasteiger partial charge in [0.15, 0.2) is 0 Å². The van der Waals surface area contributed by atoms with Crippen LogP contribution in [0.4, 0.5) is 0 Å². The van der Waals surface area contributed by atoms with E-state index in [1.54, 1.807) is 0 Å². The zero-order chi connectivity index (χ0) is 8.55. The number of aromatic carboxylic acids is 1. The van der Waals surface area contributed by atoms with Crippen LogP contribution in [0.3, 0.4) is 0 Å². The minimum Gasteiger partial charge on any atom is -0.478 e. The normalized spacial score (nSPS) is 16.0. The molecule has 1 aliphatic rings. The van der Waals surface area contributed by atoms with Crippen LogP contribution < -0.4 is 0 Å². The van der Waals surface area contributed by atoms with Gasteiger partial charge in [-0.2, -0.15) is 0 Å². The summed E-state index contributed by atoms with van der Waals surface area (Å²) in [5.74, 6) is 0.283. The number of hydrogen-bond acceptors (Lipinski definition) is 3. The van der Waals surface area contributed by atoms with E-state index >= 15 is 0 Å². The fourth-order valence-electron chi connectivity index (χ4n) is 1.00. The molecule has 1 N–H and O–H groups in total. The van der Waals surface area contributed by atoms with Crippen LogP contribution in [0, 0.1) is 0 Å². The topological polar surface area (TPSA) is 63.1 Å². The summed E-state index contributed by atoms with van der Waals surface area (Å²) < 4.78 is 0. The number of carboxylic acid groups (broad SMARTS) is 1. The number of carboxylic acids is 1. The summed E-state index contributed by atoms with van der Waals surface area (Å²) in [6, 6.07) is 0. The SMILES string of the molecule is O=C(O)c1cnc(C2CC2)nc1. The molecule has 1 heterocycles. The fraction of sp³-hybridized carbons (Fsp3) is 0.375. The first-order valence-corrected chi connectivity index (χ1v) is 3.82. The highest BCUT2D eigenvalue weighted by atomic mass is 16.4. The maximum absolute atomic E-state index is 10.4. The molecule has 1 aromatic rings. The van der Waals surface area contributed by atoms with Crippen molar-refractivity contribution in [3.05, 3.63) is 23.8 Å². The highest BCUT2D eigenvalue weighted by Crippen LogP contribution is 2.37. The molecule has 0 bridgehead atoms. The van der Waals surface area contributed by atoms with Gasteiger partial charge in [0, 0.05) is 18.3 Å². The molecular formula is C8H8N2O2. The average Bonchev–Trinajstić information content (AvgIpc) is 2.87. The third kappa shape index (κ3) is 1.28. The van der Waals surface area contributed by atoms with E-state index in [0.717, 1.165) is 18.7 Å². The van der Waals surface area contributed by atoms with Crippen molar-refractivity contribution in [2.45, 2.75) is 18.8 Å². The number of aromatic nitrogens is 2. The molecule has 0 unspecified atom stereocenters. The van der Waals surface area contributed by atoms with Crippen LogP contribution >= 0.6 is 0 Å². The second-order valence-electron chi connectivity index (χ2n) is 2.91. The van der Waals surface area contributed by atoms with Gasteiger partial charge in [0.1, 0.15) is 5.82 Å². The molecule has 1 aromatic heterocycles. The lowest BCUT2D eigenvalue weighted by molar-refractivity contribution is 0.0696. The highest BCUT2D eigenvalue weighted by Gasteiger charge is 2.26. The summed E-state index contributed by atoms with van der Waals surface area (Å²) >= 11 is 0. The summed E-state index contributed by atoms with van der Waals surface area (Å²) in [5, 5.41) is 8.55. The first-order chi connectivity index (χ1) is 5.77. The van der Waals surface area contributed by atoms with Gasteiger partial charge in [0.2, 0.25) is 0 Å². The molecule has 1 aliphatic carbocycles. The lowest BCUT2D eigenvalue weighted by Crippen LogP contribution is -2.00. The zero-order valence-corrected chi connectivity index (χ0v) is 6.40. The molecular weight excluding hydrogens is 156 g/mol. The Labute approximate surface area is 69.3 Å². The number of carbonyl (C=O) groups is 1. The van der Waals surface area contributed by atoms with Crippen LogP contribution in [-0.4, -0.2) is 21.0 Å². The predicted octanol–water partition coefficient (Wildman–Crippen LogP) is 1.05. The molecule has 1 saturated carbocycles. The standard InChI is InChI=1S/C8H8N2O2/c11-8(12)6-3-9-7(10-4-6)5-1-2-5/h3-5H,1-2H2,(H,11,12). The smallest absolute Gasteiger partial charge is 0.338 e. The molecule has 4 heteroatoms.